The number of Topliss-reactive ketones (excluding diaryl/α,β-unsaturated/α-hetero) is 1. The van der Waals surface area contributed by atoms with Crippen molar-refractivity contribution < 1.29 is 19.4 Å². The number of carbonyl (C=O) groups excluding carboxylic acids is 2. The maximum absolute atomic E-state index is 12.3. The largest absolute Gasteiger partial charge is 0.512 e. The lowest BCUT2D eigenvalue weighted by molar-refractivity contribution is -0.138. The Hall–Kier alpha value is -1.83. The third-order valence-corrected chi connectivity index (χ3v) is 4.26. The van der Waals surface area contributed by atoms with Crippen molar-refractivity contribution in [3.63, 3.8) is 0 Å². The number of esters is 1. The van der Waals surface area contributed by atoms with Crippen LogP contribution in [0, 0.1) is 22.7 Å². The van der Waals surface area contributed by atoms with Gasteiger partial charge in [-0.25, -0.2) is 4.79 Å². The van der Waals surface area contributed by atoms with Crippen LogP contribution in [0.3, 0.4) is 0 Å². The normalized spacial score (nSPS) is 31.2. The molecule has 0 aliphatic heterocycles. The number of ketones is 1. The molecular weight excluding hydrogens is 246 g/mol. The Balaban J connectivity index is 2.53. The summed E-state index contributed by atoms with van der Waals surface area (Å²) in [6, 6.07) is 2.14. The molecule has 2 atom stereocenters. The van der Waals surface area contributed by atoms with Crippen LogP contribution in [-0.4, -0.2) is 24.0 Å². The molecule has 0 aromatic rings. The molecular formula is C14H17NO4. The van der Waals surface area contributed by atoms with Crippen LogP contribution in [0.4, 0.5) is 0 Å². The number of hydrogen-bond acceptors (Lipinski definition) is 5. The average molecular weight is 263 g/mol. The smallest absolute Gasteiger partial charge is 0.337 e. The molecule has 5 heteroatoms. The van der Waals surface area contributed by atoms with Gasteiger partial charge in [0.05, 0.1) is 18.8 Å². The number of nitrogens with zero attached hydrogens (tertiary/aromatic N) is 1. The van der Waals surface area contributed by atoms with Gasteiger partial charge in [0.1, 0.15) is 11.2 Å². The van der Waals surface area contributed by atoms with Crippen LogP contribution < -0.4 is 0 Å². The number of aliphatic hydroxyl groups is 1. The first-order valence-electron chi connectivity index (χ1n) is 6.51. The van der Waals surface area contributed by atoms with Crippen molar-refractivity contribution in [3.8, 4) is 6.07 Å². The minimum atomic E-state index is -1.16. The number of rotatable bonds is 1. The second kappa shape index (κ2) is 5.04. The number of allylic oxidation sites excluding steroid dienone is 1. The van der Waals surface area contributed by atoms with Crippen molar-refractivity contribution in [3.05, 3.63) is 11.3 Å². The summed E-state index contributed by atoms with van der Waals surface area (Å²) < 4.78 is 4.70. The third kappa shape index (κ3) is 2.01. The molecule has 0 radical (unpaired) electrons. The van der Waals surface area contributed by atoms with E-state index in [2.05, 4.69) is 6.07 Å². The SMILES string of the molecule is COC(=O)C1=C(O)CC[C@]2(C#N)C(=O)CCCC[C@H]12. The van der Waals surface area contributed by atoms with Crippen LogP contribution in [0.5, 0.6) is 0 Å². The van der Waals surface area contributed by atoms with E-state index in [-0.39, 0.29) is 23.5 Å². The lowest BCUT2D eigenvalue weighted by atomic mass is 9.63. The zero-order chi connectivity index (χ0) is 14.0. The fourth-order valence-electron chi connectivity index (χ4n) is 3.22. The molecule has 0 aromatic carbocycles. The summed E-state index contributed by atoms with van der Waals surface area (Å²) in [5.74, 6) is -1.30. The molecule has 0 aromatic heterocycles. The number of aliphatic hydroxyl groups excluding tert-OH is 1. The van der Waals surface area contributed by atoms with E-state index >= 15 is 0 Å². The Morgan fingerprint density at radius 2 is 2.21 bits per heavy atom. The molecule has 5 nitrogen and oxygen atoms in total. The molecule has 0 heterocycles. The molecule has 19 heavy (non-hydrogen) atoms. The summed E-state index contributed by atoms with van der Waals surface area (Å²) in [7, 11) is 1.24. The molecule has 1 saturated carbocycles. The van der Waals surface area contributed by atoms with E-state index in [0.29, 0.717) is 19.3 Å². The minimum absolute atomic E-state index is 0.0302. The first-order valence-corrected chi connectivity index (χ1v) is 6.51. The van der Waals surface area contributed by atoms with Crippen LogP contribution in [0.1, 0.15) is 38.5 Å². The predicted molar refractivity (Wildman–Crippen MR) is 65.9 cm³/mol. The molecule has 0 bridgehead atoms. The molecule has 0 amide bonds. The van der Waals surface area contributed by atoms with Gasteiger partial charge in [-0.15, -0.1) is 0 Å². The average Bonchev–Trinajstić information content (AvgIpc) is 2.58. The molecule has 0 unspecified atom stereocenters. The van der Waals surface area contributed by atoms with E-state index in [9.17, 15) is 20.0 Å². The Kier molecular flexibility index (Phi) is 3.61. The summed E-state index contributed by atoms with van der Waals surface area (Å²) in [5, 5.41) is 19.5. The number of nitriles is 1. The van der Waals surface area contributed by atoms with Gasteiger partial charge in [0.2, 0.25) is 0 Å². The molecule has 0 spiro atoms. The summed E-state index contributed by atoms with van der Waals surface area (Å²) in [6.07, 6.45) is 2.91. The van der Waals surface area contributed by atoms with Crippen molar-refractivity contribution in [2.45, 2.75) is 38.5 Å². The van der Waals surface area contributed by atoms with E-state index in [4.69, 9.17) is 4.74 Å². The minimum Gasteiger partial charge on any atom is -0.512 e. The van der Waals surface area contributed by atoms with Crippen molar-refractivity contribution in [2.75, 3.05) is 7.11 Å². The van der Waals surface area contributed by atoms with Gasteiger partial charge in [0, 0.05) is 18.8 Å². The van der Waals surface area contributed by atoms with E-state index < -0.39 is 17.3 Å². The monoisotopic (exact) mass is 263 g/mol. The molecule has 2 rings (SSSR count). The van der Waals surface area contributed by atoms with Crippen LogP contribution in [0.2, 0.25) is 0 Å². The summed E-state index contributed by atoms with van der Waals surface area (Å²) in [4.78, 5) is 24.1. The second-order valence-corrected chi connectivity index (χ2v) is 5.16. The lowest BCUT2D eigenvalue weighted by Crippen LogP contribution is -2.42. The van der Waals surface area contributed by atoms with E-state index in [1.54, 1.807) is 0 Å². The third-order valence-electron chi connectivity index (χ3n) is 4.26. The van der Waals surface area contributed by atoms with Gasteiger partial charge in [-0.3, -0.25) is 4.79 Å². The molecule has 102 valence electrons. The van der Waals surface area contributed by atoms with Gasteiger partial charge >= 0.3 is 5.97 Å². The summed E-state index contributed by atoms with van der Waals surface area (Å²) in [6.45, 7) is 0. The Bertz CT molecular complexity index is 488. The highest BCUT2D eigenvalue weighted by atomic mass is 16.5. The molecule has 1 fully saturated rings. The number of ether oxygens (including phenoxy) is 1. The molecule has 1 N–H and O–H groups in total. The van der Waals surface area contributed by atoms with Crippen LogP contribution in [0.25, 0.3) is 0 Å². The second-order valence-electron chi connectivity index (χ2n) is 5.16. The highest BCUT2D eigenvalue weighted by Gasteiger charge is 2.52. The topological polar surface area (TPSA) is 87.4 Å². The molecule has 0 saturated heterocycles. The number of carbonyl (C=O) groups is 2. The van der Waals surface area contributed by atoms with Gasteiger partial charge in [0.15, 0.2) is 5.78 Å². The fraction of sp³-hybridized carbons (Fsp3) is 0.643. The Morgan fingerprint density at radius 1 is 1.47 bits per heavy atom. The van der Waals surface area contributed by atoms with Crippen molar-refractivity contribution in [1.29, 1.82) is 5.26 Å². The van der Waals surface area contributed by atoms with E-state index in [1.165, 1.54) is 7.11 Å². The van der Waals surface area contributed by atoms with Gasteiger partial charge in [-0.2, -0.15) is 5.26 Å². The highest BCUT2D eigenvalue weighted by molar-refractivity contribution is 5.95. The van der Waals surface area contributed by atoms with Crippen LogP contribution in [0.15, 0.2) is 11.3 Å². The van der Waals surface area contributed by atoms with Crippen molar-refractivity contribution >= 4 is 11.8 Å². The Morgan fingerprint density at radius 3 is 2.84 bits per heavy atom. The highest BCUT2D eigenvalue weighted by Crippen LogP contribution is 2.49. The van der Waals surface area contributed by atoms with E-state index in [1.807, 2.05) is 0 Å². The van der Waals surface area contributed by atoms with Crippen LogP contribution in [-0.2, 0) is 14.3 Å². The standard InChI is InChI=1S/C14H17NO4/c1-19-13(18)12-9-4-2-3-5-11(17)14(9,8-15)7-6-10(12)16/h9,16H,2-7H2,1H3/t9-,14-/m1/s1. The van der Waals surface area contributed by atoms with Crippen molar-refractivity contribution in [2.24, 2.45) is 11.3 Å². The van der Waals surface area contributed by atoms with E-state index in [0.717, 1.165) is 12.8 Å². The maximum Gasteiger partial charge on any atom is 0.337 e. The zero-order valence-corrected chi connectivity index (χ0v) is 10.9. The first-order chi connectivity index (χ1) is 9.06. The lowest BCUT2D eigenvalue weighted by Gasteiger charge is -2.36. The van der Waals surface area contributed by atoms with Crippen molar-refractivity contribution in [1.82, 2.24) is 0 Å². The number of hydrogen-bond donors (Lipinski definition) is 1. The van der Waals surface area contributed by atoms with Gasteiger partial charge in [-0.1, -0.05) is 6.42 Å². The van der Waals surface area contributed by atoms with Gasteiger partial charge in [0.25, 0.3) is 0 Å². The van der Waals surface area contributed by atoms with Gasteiger partial charge < -0.3 is 9.84 Å². The fourth-order valence-corrected chi connectivity index (χ4v) is 3.22. The zero-order valence-electron chi connectivity index (χ0n) is 10.9. The molecule has 2 aliphatic rings. The molecule has 2 aliphatic carbocycles. The Labute approximate surface area is 111 Å². The van der Waals surface area contributed by atoms with Crippen LogP contribution >= 0.6 is 0 Å². The van der Waals surface area contributed by atoms with Gasteiger partial charge in [-0.05, 0) is 19.3 Å². The quantitative estimate of drug-likeness (QED) is 0.731. The first kappa shape index (κ1) is 13.6. The summed E-state index contributed by atoms with van der Waals surface area (Å²) in [5.41, 5.74) is -1.03. The summed E-state index contributed by atoms with van der Waals surface area (Å²) >= 11 is 0. The number of fused-ring (bicyclic) bond motifs is 1. The maximum atomic E-state index is 12.3. The predicted octanol–water partition coefficient (Wildman–Crippen LogP) is 2.03. The number of methoxy groups -OCH3 is 1.